The molecule has 0 unspecified atom stereocenters. The minimum absolute atomic E-state index is 0.193. The van der Waals surface area contributed by atoms with E-state index in [0.29, 0.717) is 12.0 Å². The Hall–Kier alpha value is -1.84. The Bertz CT molecular complexity index is 322. The molecular formula is C12H17NO3. The first-order valence-electron chi connectivity index (χ1n) is 5.14. The van der Waals surface area contributed by atoms with Crippen molar-refractivity contribution >= 4 is 11.9 Å². The maximum absolute atomic E-state index is 10.2. The minimum Gasteiger partial charge on any atom is -0.478 e. The number of hydrogen-bond acceptors (Lipinski definition) is 2. The molecule has 1 aromatic rings. The highest BCUT2D eigenvalue weighted by Gasteiger charge is 1.96. The van der Waals surface area contributed by atoms with Gasteiger partial charge in [-0.2, -0.15) is 0 Å². The summed E-state index contributed by atoms with van der Waals surface area (Å²) in [5.41, 5.74) is 5.17. The van der Waals surface area contributed by atoms with Crippen molar-refractivity contribution in [3.63, 3.8) is 0 Å². The zero-order chi connectivity index (χ0) is 12.4. The highest BCUT2D eigenvalue weighted by molar-refractivity contribution is 5.87. The maximum Gasteiger partial charge on any atom is 0.335 e. The van der Waals surface area contributed by atoms with Gasteiger partial charge in [-0.15, -0.1) is 0 Å². The number of carbonyl (C=O) groups excluding carboxylic acids is 1. The number of amides is 1. The number of primary amides is 1. The van der Waals surface area contributed by atoms with E-state index in [-0.39, 0.29) is 5.91 Å². The smallest absolute Gasteiger partial charge is 0.335 e. The van der Waals surface area contributed by atoms with Gasteiger partial charge in [-0.3, -0.25) is 4.79 Å². The van der Waals surface area contributed by atoms with Gasteiger partial charge in [-0.25, -0.2) is 4.79 Å². The second-order valence-electron chi connectivity index (χ2n) is 3.24. The summed E-state index contributed by atoms with van der Waals surface area (Å²) in [4.78, 5) is 20.2. The van der Waals surface area contributed by atoms with Crippen LogP contribution in [-0.2, 0) is 4.79 Å². The molecule has 0 aromatic heterocycles. The van der Waals surface area contributed by atoms with E-state index in [1.54, 1.807) is 30.3 Å². The molecule has 1 amide bonds. The van der Waals surface area contributed by atoms with Gasteiger partial charge in [-0.05, 0) is 18.6 Å². The van der Waals surface area contributed by atoms with Crippen molar-refractivity contribution in [1.29, 1.82) is 0 Å². The van der Waals surface area contributed by atoms with Gasteiger partial charge in [0, 0.05) is 6.42 Å². The average molecular weight is 223 g/mol. The van der Waals surface area contributed by atoms with Gasteiger partial charge in [0.05, 0.1) is 5.56 Å². The Morgan fingerprint density at radius 3 is 2.06 bits per heavy atom. The van der Waals surface area contributed by atoms with Gasteiger partial charge >= 0.3 is 5.97 Å². The molecule has 0 spiro atoms. The quantitative estimate of drug-likeness (QED) is 0.819. The topological polar surface area (TPSA) is 80.4 Å². The molecule has 0 heterocycles. The van der Waals surface area contributed by atoms with Gasteiger partial charge in [-0.1, -0.05) is 31.5 Å². The number of hydrogen-bond donors (Lipinski definition) is 2. The molecule has 16 heavy (non-hydrogen) atoms. The Balaban J connectivity index is 0.000000293. The van der Waals surface area contributed by atoms with Crippen molar-refractivity contribution in [2.45, 2.75) is 26.2 Å². The van der Waals surface area contributed by atoms with Crippen molar-refractivity contribution in [2.75, 3.05) is 0 Å². The number of benzene rings is 1. The molecule has 0 aliphatic heterocycles. The third-order valence-corrected chi connectivity index (χ3v) is 1.80. The fraction of sp³-hybridized carbons (Fsp3) is 0.333. The lowest BCUT2D eigenvalue weighted by molar-refractivity contribution is -0.118. The lowest BCUT2D eigenvalue weighted by Crippen LogP contribution is -2.09. The molecule has 1 rings (SSSR count). The number of unbranched alkanes of at least 4 members (excludes halogenated alkanes) is 1. The number of carbonyl (C=O) groups is 2. The van der Waals surface area contributed by atoms with Gasteiger partial charge in [0.2, 0.25) is 5.91 Å². The summed E-state index contributed by atoms with van der Waals surface area (Å²) in [5, 5.41) is 8.38. The summed E-state index contributed by atoms with van der Waals surface area (Å²) in [5.74, 6) is -1.07. The predicted octanol–water partition coefficient (Wildman–Crippen LogP) is 2.05. The monoisotopic (exact) mass is 223 g/mol. The van der Waals surface area contributed by atoms with Crippen molar-refractivity contribution in [3.8, 4) is 0 Å². The molecule has 4 heteroatoms. The molecule has 4 nitrogen and oxygen atoms in total. The second-order valence-corrected chi connectivity index (χ2v) is 3.24. The zero-order valence-corrected chi connectivity index (χ0v) is 9.35. The van der Waals surface area contributed by atoms with Crippen LogP contribution in [0.15, 0.2) is 30.3 Å². The molecule has 0 aliphatic carbocycles. The first-order chi connectivity index (χ1) is 7.57. The molecule has 1 aromatic carbocycles. The van der Waals surface area contributed by atoms with Crippen molar-refractivity contribution in [2.24, 2.45) is 5.73 Å². The Morgan fingerprint density at radius 1 is 1.25 bits per heavy atom. The van der Waals surface area contributed by atoms with E-state index in [1.807, 2.05) is 6.92 Å². The van der Waals surface area contributed by atoms with E-state index in [4.69, 9.17) is 10.8 Å². The van der Waals surface area contributed by atoms with Crippen LogP contribution in [0.5, 0.6) is 0 Å². The molecule has 88 valence electrons. The van der Waals surface area contributed by atoms with Crippen LogP contribution >= 0.6 is 0 Å². The van der Waals surface area contributed by atoms with E-state index < -0.39 is 5.97 Å². The number of rotatable bonds is 4. The van der Waals surface area contributed by atoms with Crippen molar-refractivity contribution in [1.82, 2.24) is 0 Å². The number of carboxylic acids is 1. The Labute approximate surface area is 95.1 Å². The van der Waals surface area contributed by atoms with Crippen LogP contribution in [0.25, 0.3) is 0 Å². The van der Waals surface area contributed by atoms with Gasteiger partial charge in [0.15, 0.2) is 0 Å². The number of carboxylic acid groups (broad SMARTS) is 1. The Kier molecular flexibility index (Phi) is 7.49. The largest absolute Gasteiger partial charge is 0.478 e. The van der Waals surface area contributed by atoms with E-state index in [2.05, 4.69) is 0 Å². The lowest BCUT2D eigenvalue weighted by atomic mass is 10.2. The van der Waals surface area contributed by atoms with Crippen LogP contribution in [0.2, 0.25) is 0 Å². The highest BCUT2D eigenvalue weighted by atomic mass is 16.4. The highest BCUT2D eigenvalue weighted by Crippen LogP contribution is 1.96. The number of aromatic carboxylic acids is 1. The summed E-state index contributed by atoms with van der Waals surface area (Å²) in [7, 11) is 0. The van der Waals surface area contributed by atoms with Gasteiger partial charge < -0.3 is 10.8 Å². The Morgan fingerprint density at radius 2 is 1.81 bits per heavy atom. The number of nitrogens with two attached hydrogens (primary N) is 1. The van der Waals surface area contributed by atoms with Crippen LogP contribution in [-0.4, -0.2) is 17.0 Å². The zero-order valence-electron chi connectivity index (χ0n) is 9.35. The van der Waals surface area contributed by atoms with Crippen LogP contribution in [0.3, 0.4) is 0 Å². The molecule has 0 saturated carbocycles. The van der Waals surface area contributed by atoms with Gasteiger partial charge in [0.1, 0.15) is 0 Å². The van der Waals surface area contributed by atoms with E-state index >= 15 is 0 Å². The minimum atomic E-state index is -0.879. The SMILES string of the molecule is CCCCC(N)=O.O=C(O)c1ccccc1. The molecule has 0 fully saturated rings. The van der Waals surface area contributed by atoms with Crippen LogP contribution < -0.4 is 5.73 Å². The summed E-state index contributed by atoms with van der Waals surface area (Å²) in [6, 6.07) is 8.30. The summed E-state index contributed by atoms with van der Waals surface area (Å²) in [6.45, 7) is 2.03. The van der Waals surface area contributed by atoms with E-state index in [1.165, 1.54) is 0 Å². The third-order valence-electron chi connectivity index (χ3n) is 1.80. The second kappa shape index (κ2) is 8.47. The van der Waals surface area contributed by atoms with Gasteiger partial charge in [0.25, 0.3) is 0 Å². The fourth-order valence-electron chi connectivity index (χ4n) is 0.932. The summed E-state index contributed by atoms with van der Waals surface area (Å²) in [6.07, 6.45) is 2.51. The lowest BCUT2D eigenvalue weighted by Gasteiger charge is -1.88. The molecule has 0 radical (unpaired) electrons. The molecule has 0 bridgehead atoms. The third kappa shape index (κ3) is 7.55. The molecule has 0 aliphatic rings. The molecule has 0 atom stereocenters. The van der Waals surface area contributed by atoms with Crippen LogP contribution in [0.4, 0.5) is 0 Å². The maximum atomic E-state index is 10.2. The summed E-state index contributed by atoms with van der Waals surface area (Å²) < 4.78 is 0. The van der Waals surface area contributed by atoms with E-state index in [9.17, 15) is 9.59 Å². The fourth-order valence-corrected chi connectivity index (χ4v) is 0.932. The van der Waals surface area contributed by atoms with Crippen molar-refractivity contribution in [3.05, 3.63) is 35.9 Å². The van der Waals surface area contributed by atoms with Crippen molar-refractivity contribution < 1.29 is 14.7 Å². The predicted molar refractivity (Wildman–Crippen MR) is 62.1 cm³/mol. The van der Waals surface area contributed by atoms with Crippen LogP contribution in [0, 0.1) is 0 Å². The molecule has 3 N–H and O–H groups in total. The molecule has 0 saturated heterocycles. The standard InChI is InChI=1S/C7H6O2.C5H11NO/c8-7(9)6-4-2-1-3-5-6;1-2-3-4-5(6)7/h1-5H,(H,8,9);2-4H2,1H3,(H2,6,7). The normalized spacial score (nSPS) is 8.81. The summed E-state index contributed by atoms with van der Waals surface area (Å²) >= 11 is 0. The van der Waals surface area contributed by atoms with E-state index in [0.717, 1.165) is 12.8 Å². The first-order valence-corrected chi connectivity index (χ1v) is 5.14. The first kappa shape index (κ1) is 14.2. The van der Waals surface area contributed by atoms with Crippen LogP contribution in [0.1, 0.15) is 36.5 Å². The molecular weight excluding hydrogens is 206 g/mol. The average Bonchev–Trinajstić information content (AvgIpc) is 2.28.